The number of hydrogen-bond acceptors (Lipinski definition) is 4. The standard InChI is InChI=1S/C16H22O2.2C15H16N.Ir/c1-4-12(2)15-8-5-14(6-9-15)7-10-16(18)11-13(3)17;2*1-15(2,3)13-9-7-12(8-10-13)14-6-4-5-11-16-14;/h5-6,8-9,11-12,17H,4,7,10H2,1-3H3;2*4-7,9-11H,1-3H3;/q;2*-1;/b13-11-;;;. The SMILES string of the molecule is CC(C)(C)c1c[c-]c(-c2ccccn2)cc1.CC(C)(C)c1c[c-]c(-c2ccccn2)cc1.CCC(C)c1ccc(CCC(=O)/C=C(/C)O)cc1.[Ir]. The van der Waals surface area contributed by atoms with Gasteiger partial charge >= 0.3 is 0 Å². The largest absolute Gasteiger partial charge is 0.512 e. The number of carbonyl (C=O) groups excluding carboxylic acids is 1. The van der Waals surface area contributed by atoms with E-state index in [1.54, 1.807) is 12.4 Å². The Labute approximate surface area is 320 Å². The first-order valence-electron chi connectivity index (χ1n) is 17.5. The predicted octanol–water partition coefficient (Wildman–Crippen LogP) is 11.9. The fourth-order valence-electron chi connectivity index (χ4n) is 4.97. The van der Waals surface area contributed by atoms with Crippen LogP contribution in [0.3, 0.4) is 0 Å². The van der Waals surface area contributed by atoms with Crippen LogP contribution in [0.5, 0.6) is 0 Å². The van der Waals surface area contributed by atoms with E-state index in [9.17, 15) is 4.79 Å². The summed E-state index contributed by atoms with van der Waals surface area (Å²) in [5, 5.41) is 8.98. The van der Waals surface area contributed by atoms with Crippen molar-refractivity contribution in [2.45, 2.75) is 98.3 Å². The van der Waals surface area contributed by atoms with Crippen LogP contribution < -0.4 is 0 Å². The second-order valence-electron chi connectivity index (χ2n) is 14.7. The Morgan fingerprint density at radius 3 is 1.55 bits per heavy atom. The topological polar surface area (TPSA) is 63.1 Å². The quantitative estimate of drug-likeness (QED) is 0.0959. The summed E-state index contributed by atoms with van der Waals surface area (Å²) in [5.41, 5.74) is 9.52. The molecule has 271 valence electrons. The van der Waals surface area contributed by atoms with Crippen LogP contribution in [0.1, 0.15) is 103 Å². The molecule has 1 unspecified atom stereocenters. The minimum absolute atomic E-state index is 0. The van der Waals surface area contributed by atoms with Crippen LogP contribution in [0.4, 0.5) is 0 Å². The van der Waals surface area contributed by atoms with Crippen molar-refractivity contribution in [3.63, 3.8) is 0 Å². The second-order valence-corrected chi connectivity index (χ2v) is 14.7. The summed E-state index contributed by atoms with van der Waals surface area (Å²) in [6, 6.07) is 39.5. The van der Waals surface area contributed by atoms with Gasteiger partial charge < -0.3 is 15.1 Å². The summed E-state index contributed by atoms with van der Waals surface area (Å²) in [6.45, 7) is 19.1. The van der Waals surface area contributed by atoms with Crippen LogP contribution in [-0.4, -0.2) is 20.9 Å². The summed E-state index contributed by atoms with van der Waals surface area (Å²) in [7, 11) is 0. The number of benzene rings is 3. The number of allylic oxidation sites excluding steroid dienone is 2. The van der Waals surface area contributed by atoms with Crippen molar-refractivity contribution in [1.82, 2.24) is 9.97 Å². The molecule has 2 aromatic heterocycles. The van der Waals surface area contributed by atoms with E-state index in [1.165, 1.54) is 35.3 Å². The Hall–Kier alpha value is -4.18. The molecule has 0 amide bonds. The molecule has 3 aromatic carbocycles. The van der Waals surface area contributed by atoms with E-state index in [-0.39, 0.29) is 42.5 Å². The van der Waals surface area contributed by atoms with E-state index in [1.807, 2.05) is 36.4 Å². The van der Waals surface area contributed by atoms with Crippen molar-refractivity contribution in [2.24, 2.45) is 0 Å². The number of aromatic nitrogens is 2. The van der Waals surface area contributed by atoms with Gasteiger partial charge in [-0.2, -0.15) is 0 Å². The van der Waals surface area contributed by atoms with Crippen LogP contribution in [0.2, 0.25) is 0 Å². The molecule has 0 saturated carbocycles. The van der Waals surface area contributed by atoms with Gasteiger partial charge in [0.1, 0.15) is 0 Å². The summed E-state index contributed by atoms with van der Waals surface area (Å²) < 4.78 is 0. The van der Waals surface area contributed by atoms with E-state index >= 15 is 0 Å². The summed E-state index contributed by atoms with van der Waals surface area (Å²) >= 11 is 0. The average Bonchev–Trinajstić information content (AvgIpc) is 3.11. The molecule has 5 rings (SSSR count). The third-order valence-corrected chi connectivity index (χ3v) is 8.43. The zero-order valence-corrected chi connectivity index (χ0v) is 34.1. The van der Waals surface area contributed by atoms with E-state index in [0.717, 1.165) is 35.4 Å². The van der Waals surface area contributed by atoms with E-state index < -0.39 is 0 Å². The molecule has 0 spiro atoms. The molecule has 0 fully saturated rings. The number of carbonyl (C=O) groups is 1. The molecule has 0 aliphatic carbocycles. The number of pyridine rings is 2. The molecule has 0 aliphatic heterocycles. The van der Waals surface area contributed by atoms with Gasteiger partial charge in [0.05, 0.1) is 5.76 Å². The maximum atomic E-state index is 11.4. The Balaban J connectivity index is 0.000000263. The summed E-state index contributed by atoms with van der Waals surface area (Å²) in [4.78, 5) is 20.0. The fourth-order valence-corrected chi connectivity index (χ4v) is 4.97. The smallest absolute Gasteiger partial charge is 0.159 e. The van der Waals surface area contributed by atoms with Crippen LogP contribution in [0.25, 0.3) is 22.5 Å². The maximum Gasteiger partial charge on any atom is 0.159 e. The van der Waals surface area contributed by atoms with Crippen molar-refractivity contribution >= 4 is 5.78 Å². The number of hydrogen-bond donors (Lipinski definition) is 1. The molecule has 5 aromatic rings. The zero-order chi connectivity index (χ0) is 36.7. The van der Waals surface area contributed by atoms with Gasteiger partial charge in [-0.05, 0) is 71.2 Å². The van der Waals surface area contributed by atoms with Crippen LogP contribution in [-0.2, 0) is 42.2 Å². The Morgan fingerprint density at radius 2 is 1.22 bits per heavy atom. The molecule has 2 heterocycles. The van der Waals surface area contributed by atoms with Gasteiger partial charge in [-0.25, -0.2) is 0 Å². The number of ketones is 1. The Bertz CT molecular complexity index is 1650. The van der Waals surface area contributed by atoms with Gasteiger partial charge in [0.15, 0.2) is 5.78 Å². The third kappa shape index (κ3) is 14.9. The second kappa shape index (κ2) is 20.6. The molecule has 4 nitrogen and oxygen atoms in total. The van der Waals surface area contributed by atoms with Crippen LogP contribution in [0.15, 0.2) is 121 Å². The Kier molecular flexibility index (Phi) is 17.4. The molecule has 1 atom stereocenters. The van der Waals surface area contributed by atoms with Gasteiger partial charge in [-0.15, -0.1) is 70.8 Å². The monoisotopic (exact) mass is 859 g/mol. The van der Waals surface area contributed by atoms with Crippen molar-refractivity contribution in [2.75, 3.05) is 0 Å². The number of rotatable bonds is 8. The molecular formula is C46H54IrN2O2-2. The fraction of sp³-hybridized carbons (Fsp3) is 0.326. The van der Waals surface area contributed by atoms with E-state index in [2.05, 4.69) is 138 Å². The molecule has 0 saturated heterocycles. The molecule has 0 aliphatic rings. The number of aliphatic hydroxyl groups excluding tert-OH is 1. The maximum absolute atomic E-state index is 11.4. The predicted molar refractivity (Wildman–Crippen MR) is 209 cm³/mol. The number of aryl methyl sites for hydroxylation is 1. The van der Waals surface area contributed by atoms with Crippen molar-refractivity contribution < 1.29 is 30.0 Å². The molecular weight excluding hydrogens is 805 g/mol. The summed E-state index contributed by atoms with van der Waals surface area (Å²) in [6.07, 6.45) is 7.21. The molecule has 51 heavy (non-hydrogen) atoms. The minimum atomic E-state index is -0.0268. The minimum Gasteiger partial charge on any atom is -0.512 e. The van der Waals surface area contributed by atoms with Gasteiger partial charge in [0, 0.05) is 45.0 Å². The van der Waals surface area contributed by atoms with Crippen molar-refractivity contribution in [3.8, 4) is 22.5 Å². The first kappa shape index (κ1) is 43.0. The molecule has 1 N–H and O–H groups in total. The van der Waals surface area contributed by atoms with Gasteiger partial charge in [0.25, 0.3) is 0 Å². The first-order valence-corrected chi connectivity index (χ1v) is 17.5. The van der Waals surface area contributed by atoms with Crippen molar-refractivity contribution in [1.29, 1.82) is 0 Å². The summed E-state index contributed by atoms with van der Waals surface area (Å²) in [5.74, 6) is 0.633. The molecule has 0 bridgehead atoms. The molecule has 5 heteroatoms. The van der Waals surface area contributed by atoms with Gasteiger partial charge in [-0.3, -0.25) is 4.79 Å². The van der Waals surface area contributed by atoms with Gasteiger partial charge in [-0.1, -0.05) is 104 Å². The third-order valence-electron chi connectivity index (χ3n) is 8.43. The van der Waals surface area contributed by atoms with Crippen molar-refractivity contribution in [3.05, 3.63) is 156 Å². The number of nitrogens with zero attached hydrogens (tertiary/aromatic N) is 2. The first-order chi connectivity index (χ1) is 23.7. The number of aliphatic hydroxyl groups is 1. The van der Waals surface area contributed by atoms with E-state index in [0.29, 0.717) is 12.3 Å². The zero-order valence-electron chi connectivity index (χ0n) is 31.8. The van der Waals surface area contributed by atoms with Crippen LogP contribution in [0, 0.1) is 12.1 Å². The van der Waals surface area contributed by atoms with Gasteiger partial charge in [0.2, 0.25) is 0 Å². The van der Waals surface area contributed by atoms with E-state index in [4.69, 9.17) is 5.11 Å². The Morgan fingerprint density at radius 1 is 0.745 bits per heavy atom. The average molecular weight is 859 g/mol. The molecule has 1 radical (unpaired) electrons. The normalized spacial score (nSPS) is 11.9. The van der Waals surface area contributed by atoms with Crippen LogP contribution >= 0.6 is 0 Å².